The summed E-state index contributed by atoms with van der Waals surface area (Å²) in [5.74, 6) is -0.744. The van der Waals surface area contributed by atoms with Gasteiger partial charge in [0.05, 0.1) is 12.2 Å². The van der Waals surface area contributed by atoms with Crippen molar-refractivity contribution in [2.45, 2.75) is 25.4 Å². The highest BCUT2D eigenvalue weighted by atomic mass is 19.1. The second kappa shape index (κ2) is 5.94. The molecule has 1 N–H and O–H groups in total. The molecule has 1 atom stereocenters. The first kappa shape index (κ1) is 16.3. The third-order valence-corrected chi connectivity index (χ3v) is 4.78. The number of fused-ring (bicyclic) bond motifs is 1. The number of benzene rings is 1. The first-order chi connectivity index (χ1) is 12.5. The van der Waals surface area contributed by atoms with Crippen molar-refractivity contribution in [3.63, 3.8) is 0 Å². The zero-order valence-corrected chi connectivity index (χ0v) is 14.1. The van der Waals surface area contributed by atoms with E-state index < -0.39 is 17.4 Å². The number of hydrogen-bond donors (Lipinski definition) is 1. The maximum atomic E-state index is 13.2. The van der Waals surface area contributed by atoms with Crippen LogP contribution in [0.3, 0.4) is 0 Å². The van der Waals surface area contributed by atoms with E-state index in [1.807, 2.05) is 35.7 Å². The molecule has 1 aliphatic rings. The van der Waals surface area contributed by atoms with Crippen molar-refractivity contribution in [1.82, 2.24) is 19.6 Å². The van der Waals surface area contributed by atoms with Crippen molar-refractivity contribution >= 4 is 17.6 Å². The Kier molecular flexibility index (Phi) is 3.72. The number of hydrogen-bond acceptors (Lipinski definition) is 3. The number of carbonyl (C=O) groups is 2. The van der Waals surface area contributed by atoms with E-state index in [0.29, 0.717) is 17.7 Å². The normalized spacial score (nSPS) is 20.0. The Balaban J connectivity index is 1.66. The number of nitrogens with one attached hydrogen (secondary N) is 1. The second-order valence-electron chi connectivity index (χ2n) is 6.29. The minimum absolute atomic E-state index is 0.0787. The molecule has 7 heteroatoms. The first-order valence-corrected chi connectivity index (χ1v) is 8.36. The largest absolute Gasteiger partial charge is 0.325 e. The number of imide groups is 1. The van der Waals surface area contributed by atoms with Crippen LogP contribution in [0.15, 0.2) is 54.9 Å². The monoisotopic (exact) mass is 352 g/mol. The fourth-order valence-corrected chi connectivity index (χ4v) is 3.37. The smallest absolute Gasteiger partial charge is 0.319 e. The molecule has 1 aliphatic heterocycles. The second-order valence-corrected chi connectivity index (χ2v) is 6.29. The molecule has 3 aromatic rings. The van der Waals surface area contributed by atoms with Gasteiger partial charge in [-0.15, -0.1) is 0 Å². The van der Waals surface area contributed by atoms with Crippen LogP contribution in [0, 0.1) is 5.82 Å². The van der Waals surface area contributed by atoms with Gasteiger partial charge in [-0.1, -0.05) is 25.1 Å². The molecule has 3 heterocycles. The Bertz CT molecular complexity index is 965. The lowest BCUT2D eigenvalue weighted by atomic mass is 9.87. The SMILES string of the molecule is CCC1(c2ccc(F)cc2)NC(=O)N(Cc2cn3ccccc3n2)C1=O. The summed E-state index contributed by atoms with van der Waals surface area (Å²) in [4.78, 5) is 31.2. The van der Waals surface area contributed by atoms with Crippen LogP contribution in [-0.4, -0.2) is 26.2 Å². The lowest BCUT2D eigenvalue weighted by molar-refractivity contribution is -0.132. The van der Waals surface area contributed by atoms with Crippen LogP contribution in [0.25, 0.3) is 5.65 Å². The van der Waals surface area contributed by atoms with E-state index in [1.54, 1.807) is 6.20 Å². The van der Waals surface area contributed by atoms with Gasteiger partial charge in [0.15, 0.2) is 0 Å². The average Bonchev–Trinajstić information content (AvgIpc) is 3.16. The Hall–Kier alpha value is -3.22. The number of halogens is 1. The van der Waals surface area contributed by atoms with Gasteiger partial charge in [0.2, 0.25) is 0 Å². The summed E-state index contributed by atoms with van der Waals surface area (Å²) >= 11 is 0. The standard InChI is InChI=1S/C19H17FN4O2/c1-2-19(13-6-8-14(20)9-7-13)17(25)24(18(26)22-19)12-15-11-23-10-4-3-5-16(23)21-15/h3-11H,2,12H2,1H3,(H,22,26). The molecule has 0 saturated carbocycles. The Morgan fingerprint density at radius 1 is 1.15 bits per heavy atom. The zero-order valence-electron chi connectivity index (χ0n) is 14.1. The number of aromatic nitrogens is 2. The summed E-state index contributed by atoms with van der Waals surface area (Å²) in [7, 11) is 0. The third-order valence-electron chi connectivity index (χ3n) is 4.78. The molecule has 1 saturated heterocycles. The van der Waals surface area contributed by atoms with E-state index in [1.165, 1.54) is 24.3 Å². The van der Waals surface area contributed by atoms with E-state index in [-0.39, 0.29) is 12.5 Å². The van der Waals surface area contributed by atoms with Gasteiger partial charge in [-0.3, -0.25) is 9.69 Å². The van der Waals surface area contributed by atoms with Crippen LogP contribution in [0.2, 0.25) is 0 Å². The fourth-order valence-electron chi connectivity index (χ4n) is 3.37. The molecule has 1 fully saturated rings. The fraction of sp³-hybridized carbons (Fsp3) is 0.211. The molecule has 0 spiro atoms. The quantitative estimate of drug-likeness (QED) is 0.734. The topological polar surface area (TPSA) is 66.7 Å². The molecule has 1 aromatic carbocycles. The van der Waals surface area contributed by atoms with Gasteiger partial charge < -0.3 is 9.72 Å². The number of amides is 3. The summed E-state index contributed by atoms with van der Waals surface area (Å²) in [6, 6.07) is 10.8. The predicted octanol–water partition coefficient (Wildman–Crippen LogP) is 2.83. The van der Waals surface area contributed by atoms with Crippen LogP contribution in [-0.2, 0) is 16.9 Å². The summed E-state index contributed by atoms with van der Waals surface area (Å²) in [5.41, 5.74) is 0.752. The Morgan fingerprint density at radius 3 is 2.62 bits per heavy atom. The molecule has 1 unspecified atom stereocenters. The molecule has 0 aliphatic carbocycles. The van der Waals surface area contributed by atoms with E-state index in [9.17, 15) is 14.0 Å². The zero-order chi connectivity index (χ0) is 18.3. The van der Waals surface area contributed by atoms with Crippen molar-refractivity contribution < 1.29 is 14.0 Å². The molecular formula is C19H17FN4O2. The van der Waals surface area contributed by atoms with Gasteiger partial charge in [-0.2, -0.15) is 0 Å². The molecule has 0 bridgehead atoms. The lowest BCUT2D eigenvalue weighted by Crippen LogP contribution is -2.43. The molecule has 26 heavy (non-hydrogen) atoms. The molecule has 132 valence electrons. The molecule has 2 aromatic heterocycles. The number of carbonyl (C=O) groups excluding carboxylic acids is 2. The van der Waals surface area contributed by atoms with Crippen LogP contribution in [0.4, 0.5) is 9.18 Å². The Labute approximate surface area is 149 Å². The van der Waals surface area contributed by atoms with Crippen LogP contribution >= 0.6 is 0 Å². The van der Waals surface area contributed by atoms with Crippen molar-refractivity contribution in [3.05, 3.63) is 71.9 Å². The van der Waals surface area contributed by atoms with Crippen molar-refractivity contribution in [3.8, 4) is 0 Å². The minimum atomic E-state index is -1.18. The summed E-state index contributed by atoms with van der Waals surface area (Å²) in [5, 5.41) is 2.79. The van der Waals surface area contributed by atoms with Crippen LogP contribution < -0.4 is 5.32 Å². The highest BCUT2D eigenvalue weighted by Crippen LogP contribution is 2.33. The van der Waals surface area contributed by atoms with Gasteiger partial charge in [0, 0.05) is 12.4 Å². The van der Waals surface area contributed by atoms with Gasteiger partial charge in [0.25, 0.3) is 5.91 Å². The maximum absolute atomic E-state index is 13.2. The van der Waals surface area contributed by atoms with E-state index in [4.69, 9.17) is 0 Å². The number of rotatable bonds is 4. The van der Waals surface area contributed by atoms with Gasteiger partial charge >= 0.3 is 6.03 Å². The van der Waals surface area contributed by atoms with E-state index in [0.717, 1.165) is 10.5 Å². The first-order valence-electron chi connectivity index (χ1n) is 8.36. The molecule has 6 nitrogen and oxygen atoms in total. The number of pyridine rings is 1. The van der Waals surface area contributed by atoms with Crippen molar-refractivity contribution in [1.29, 1.82) is 0 Å². The predicted molar refractivity (Wildman–Crippen MR) is 92.6 cm³/mol. The van der Waals surface area contributed by atoms with E-state index in [2.05, 4.69) is 10.3 Å². The minimum Gasteiger partial charge on any atom is -0.319 e. The van der Waals surface area contributed by atoms with Gasteiger partial charge in [0.1, 0.15) is 17.0 Å². The van der Waals surface area contributed by atoms with Gasteiger partial charge in [-0.25, -0.2) is 14.2 Å². The average molecular weight is 352 g/mol. The highest BCUT2D eigenvalue weighted by molar-refractivity contribution is 6.07. The summed E-state index contributed by atoms with van der Waals surface area (Å²) in [6.45, 7) is 1.89. The van der Waals surface area contributed by atoms with Crippen LogP contribution in [0.1, 0.15) is 24.6 Å². The molecular weight excluding hydrogens is 335 g/mol. The highest BCUT2D eigenvalue weighted by Gasteiger charge is 2.51. The maximum Gasteiger partial charge on any atom is 0.325 e. The van der Waals surface area contributed by atoms with Crippen LogP contribution in [0.5, 0.6) is 0 Å². The summed E-state index contributed by atoms with van der Waals surface area (Å²) < 4.78 is 15.1. The van der Waals surface area contributed by atoms with Crippen molar-refractivity contribution in [2.24, 2.45) is 0 Å². The van der Waals surface area contributed by atoms with E-state index >= 15 is 0 Å². The van der Waals surface area contributed by atoms with Gasteiger partial charge in [-0.05, 0) is 36.2 Å². The Morgan fingerprint density at radius 2 is 1.92 bits per heavy atom. The lowest BCUT2D eigenvalue weighted by Gasteiger charge is -2.25. The molecule has 4 rings (SSSR count). The molecule has 0 radical (unpaired) electrons. The van der Waals surface area contributed by atoms with Crippen molar-refractivity contribution in [2.75, 3.05) is 0 Å². The number of imidazole rings is 1. The number of urea groups is 1. The third kappa shape index (κ3) is 2.44. The summed E-state index contributed by atoms with van der Waals surface area (Å²) in [6.07, 6.45) is 4.01. The number of nitrogens with zero attached hydrogens (tertiary/aromatic N) is 3. The molecule has 3 amide bonds.